The van der Waals surface area contributed by atoms with Gasteiger partial charge in [-0.15, -0.1) is 0 Å². The quantitative estimate of drug-likeness (QED) is 0.0315. The highest BCUT2D eigenvalue weighted by Crippen LogP contribution is 2.22. The fourth-order valence-corrected chi connectivity index (χ4v) is 11.3. The SMILES string of the molecule is O=C(O)CC[C@H](NC(=O)N[C@@H](CCCCNC(=O)CCCCCCC(=O)NCCCC[C@@H](NC(=O)[C@@H](CCc1ccccc1)NC(=O)C(Cc1ccc(O)c(I)c1)NC(=O)CCC(C(=O)O)N1CCN(CC(=O)O)CCN(CC(=O)O)CCN(CC(=O)O)CC1)C(=O)O)C(=O)O)C(=O)O. The summed E-state index contributed by atoms with van der Waals surface area (Å²) in [6, 6.07) is 3.75. The third kappa shape index (κ3) is 36.6. The summed E-state index contributed by atoms with van der Waals surface area (Å²) in [6.07, 6.45) is 2.11. The summed E-state index contributed by atoms with van der Waals surface area (Å²) in [6.45, 7) is -0.662. The predicted molar refractivity (Wildman–Crippen MR) is 360 cm³/mol. The van der Waals surface area contributed by atoms with Crippen LogP contribution in [0, 0.1) is 3.57 Å². The number of amides is 7. The second-order valence-electron chi connectivity index (χ2n) is 24.0. The van der Waals surface area contributed by atoms with Crippen molar-refractivity contribution in [1.82, 2.24) is 56.8 Å². The number of hydrogen-bond donors (Lipinski definition) is 16. The topological polar surface area (TPSA) is 518 Å². The van der Waals surface area contributed by atoms with Crippen molar-refractivity contribution in [1.29, 1.82) is 0 Å². The highest BCUT2D eigenvalue weighted by atomic mass is 127. The van der Waals surface area contributed by atoms with Gasteiger partial charge in [0.2, 0.25) is 29.5 Å². The van der Waals surface area contributed by atoms with Crippen LogP contribution in [0.15, 0.2) is 48.5 Å². The van der Waals surface area contributed by atoms with Gasteiger partial charge in [0, 0.05) is 97.6 Å². The number of nitrogens with one attached hydrogen (secondary N) is 7. The number of aromatic hydroxyl groups is 1. The molecule has 0 aromatic heterocycles. The van der Waals surface area contributed by atoms with Crippen LogP contribution in [0.3, 0.4) is 0 Å². The van der Waals surface area contributed by atoms with Gasteiger partial charge in [-0.25, -0.2) is 19.2 Å². The molecule has 6 atom stereocenters. The molecule has 550 valence electrons. The lowest BCUT2D eigenvalue weighted by Crippen LogP contribution is -2.56. The first-order chi connectivity index (χ1) is 47.0. The second kappa shape index (κ2) is 46.5. The van der Waals surface area contributed by atoms with Crippen LogP contribution in [0.2, 0.25) is 0 Å². The number of benzene rings is 2. The van der Waals surface area contributed by atoms with E-state index >= 15 is 0 Å². The van der Waals surface area contributed by atoms with Crippen LogP contribution in [0.1, 0.15) is 120 Å². The minimum Gasteiger partial charge on any atom is -0.507 e. The molecule has 0 radical (unpaired) electrons. The zero-order valence-corrected chi connectivity index (χ0v) is 57.3. The fraction of sp³-hybridized carbons (Fsp3) is 0.594. The monoisotopic (exact) mass is 1510 g/mol. The van der Waals surface area contributed by atoms with E-state index in [-0.39, 0.29) is 147 Å². The van der Waals surface area contributed by atoms with Gasteiger partial charge in [-0.3, -0.25) is 67.5 Å². The number of phenolic OH excluding ortho intramolecular Hbond substituents is 1. The molecular weight excluding hydrogens is 1420 g/mol. The molecule has 1 aliphatic rings. The van der Waals surface area contributed by atoms with Crippen LogP contribution in [0.4, 0.5) is 4.79 Å². The number of carbonyl (C=O) groups excluding carboxylic acids is 6. The van der Waals surface area contributed by atoms with E-state index in [9.17, 15) is 108 Å². The molecule has 2 aromatic rings. The van der Waals surface area contributed by atoms with Crippen molar-refractivity contribution < 1.29 is 113 Å². The number of carboxylic acids is 8. The van der Waals surface area contributed by atoms with E-state index in [4.69, 9.17) is 5.11 Å². The van der Waals surface area contributed by atoms with Gasteiger partial charge in [-0.1, -0.05) is 49.2 Å². The summed E-state index contributed by atoms with van der Waals surface area (Å²) in [4.78, 5) is 181. The molecule has 34 nitrogen and oxygen atoms in total. The molecule has 0 aliphatic carbocycles. The van der Waals surface area contributed by atoms with Crippen LogP contribution in [0.25, 0.3) is 0 Å². The van der Waals surface area contributed by atoms with Gasteiger partial charge >= 0.3 is 53.8 Å². The molecular formula is C64H94IN11O23. The fourth-order valence-electron chi connectivity index (χ4n) is 10.7. The van der Waals surface area contributed by atoms with E-state index in [0.717, 1.165) is 5.56 Å². The zero-order valence-electron chi connectivity index (χ0n) is 55.1. The van der Waals surface area contributed by atoms with E-state index in [1.165, 1.54) is 26.8 Å². The van der Waals surface area contributed by atoms with Crippen molar-refractivity contribution in [3.05, 3.63) is 63.2 Å². The predicted octanol–water partition coefficient (Wildman–Crippen LogP) is 0.404. The van der Waals surface area contributed by atoms with Gasteiger partial charge in [0.1, 0.15) is 42.0 Å². The van der Waals surface area contributed by atoms with Crippen LogP contribution in [-0.2, 0) is 75.2 Å². The Bertz CT molecular complexity index is 2990. The smallest absolute Gasteiger partial charge is 0.326 e. The number of halogens is 1. The minimum absolute atomic E-state index is 0.00392. The Hall–Kier alpha value is -8.81. The molecule has 1 saturated heterocycles. The van der Waals surface area contributed by atoms with Gasteiger partial charge in [0.05, 0.1) is 23.2 Å². The van der Waals surface area contributed by atoms with Crippen molar-refractivity contribution in [2.75, 3.05) is 85.1 Å². The van der Waals surface area contributed by atoms with Gasteiger partial charge in [-0.05, 0) is 123 Å². The van der Waals surface area contributed by atoms with Crippen LogP contribution in [0.5, 0.6) is 5.75 Å². The number of hydrogen-bond acceptors (Lipinski definition) is 19. The molecule has 3 rings (SSSR count). The number of urea groups is 1. The number of rotatable bonds is 46. The van der Waals surface area contributed by atoms with E-state index in [1.54, 1.807) is 41.3 Å². The lowest BCUT2D eigenvalue weighted by molar-refractivity contribution is -0.145. The van der Waals surface area contributed by atoms with E-state index in [0.29, 0.717) is 47.7 Å². The number of carbonyl (C=O) groups is 14. The Kier molecular flexibility index (Phi) is 39.6. The van der Waals surface area contributed by atoms with Crippen molar-refractivity contribution in [3.63, 3.8) is 0 Å². The summed E-state index contributed by atoms with van der Waals surface area (Å²) in [5.41, 5.74) is 1.24. The third-order valence-corrected chi connectivity index (χ3v) is 17.0. The first-order valence-corrected chi connectivity index (χ1v) is 33.8. The number of carboxylic acid groups (broad SMARTS) is 8. The van der Waals surface area contributed by atoms with E-state index in [2.05, 4.69) is 37.2 Å². The summed E-state index contributed by atoms with van der Waals surface area (Å²) < 4.78 is 0.404. The molecule has 16 N–H and O–H groups in total. The highest BCUT2D eigenvalue weighted by molar-refractivity contribution is 14.1. The molecule has 2 unspecified atom stereocenters. The number of unbranched alkanes of at least 4 members (excludes halogenated alkanes) is 5. The van der Waals surface area contributed by atoms with Gasteiger partial charge < -0.3 is 83.2 Å². The Morgan fingerprint density at radius 1 is 0.404 bits per heavy atom. The summed E-state index contributed by atoms with van der Waals surface area (Å²) in [5, 5.41) is 105. The van der Waals surface area contributed by atoms with Crippen molar-refractivity contribution in [2.45, 2.75) is 158 Å². The van der Waals surface area contributed by atoms with Crippen LogP contribution >= 0.6 is 22.6 Å². The Labute approximate surface area is 585 Å². The molecule has 2 aromatic carbocycles. The van der Waals surface area contributed by atoms with Crippen molar-refractivity contribution in [2.24, 2.45) is 0 Å². The van der Waals surface area contributed by atoms with Gasteiger partial charge in [-0.2, -0.15) is 0 Å². The van der Waals surface area contributed by atoms with E-state index < -0.39 is 147 Å². The number of aryl methyl sites for hydroxylation is 1. The first kappa shape index (κ1) is 84.4. The maximum Gasteiger partial charge on any atom is 0.326 e. The lowest BCUT2D eigenvalue weighted by atomic mass is 10.0. The molecule has 1 fully saturated rings. The van der Waals surface area contributed by atoms with Gasteiger partial charge in [0.25, 0.3) is 0 Å². The maximum atomic E-state index is 14.5. The number of phenols is 1. The Morgan fingerprint density at radius 3 is 1.31 bits per heavy atom. The third-order valence-electron chi connectivity index (χ3n) is 16.1. The minimum atomic E-state index is -1.54. The molecule has 0 saturated carbocycles. The van der Waals surface area contributed by atoms with Crippen molar-refractivity contribution >= 4 is 106 Å². The summed E-state index contributed by atoms with van der Waals surface area (Å²) >= 11 is 1.88. The Balaban J connectivity index is 1.59. The maximum absolute atomic E-state index is 14.5. The number of nitrogens with zero attached hydrogens (tertiary/aromatic N) is 4. The molecule has 0 spiro atoms. The molecule has 7 amide bonds. The largest absolute Gasteiger partial charge is 0.507 e. The van der Waals surface area contributed by atoms with Crippen LogP contribution < -0.4 is 37.2 Å². The molecule has 0 bridgehead atoms. The molecule has 1 heterocycles. The average Bonchev–Trinajstić information content (AvgIpc) is 0.867. The first-order valence-electron chi connectivity index (χ1n) is 32.7. The molecule has 99 heavy (non-hydrogen) atoms. The normalized spacial score (nSPS) is 15.3. The zero-order chi connectivity index (χ0) is 73.4. The molecule has 35 heteroatoms. The highest BCUT2D eigenvalue weighted by Gasteiger charge is 2.33. The van der Waals surface area contributed by atoms with Crippen molar-refractivity contribution in [3.8, 4) is 5.75 Å². The van der Waals surface area contributed by atoms with E-state index in [1.807, 2.05) is 22.6 Å². The number of aliphatic carboxylic acids is 8. The standard InChI is InChI=1S/C64H94IN11O23/c65-43-36-42(19-23-50(43)77)37-48(68-53(80)24-22-49(63(97)98)76-34-32-74(39-56(85)86)30-28-73(38-55(83)84)29-31-75(33-35-76)40-57(87)88)59(90)69-44(20-18-41-12-4-3-5-13-41)58(89)70-45(60(91)92)14-8-10-26-66-51(78)16-6-1-2-7-17-52(79)67-27-11-9-15-46(61(93)94)71-64(99)72-47(62(95)96)21-25-54(81)82/h3-5,12-13,19,23,36,44-49,77H,1-2,6-11,14-18,20-22,24-35,37-40H2,(H,66,78)(H,67,79)(H,68,80)(H,69,90)(H,70,89)(H,81,82)(H,83,84)(H,85,86)(H,87,88)(H,91,92)(H,93,94)(H,95,96)(H,97,98)(H2,71,72,99)/t44-,45-,46+,47+,48?,49?/m1/s1. The average molecular weight is 1510 g/mol. The second-order valence-corrected chi connectivity index (χ2v) is 25.1. The molecule has 1 aliphatic heterocycles. The lowest BCUT2D eigenvalue weighted by Gasteiger charge is -2.35. The summed E-state index contributed by atoms with van der Waals surface area (Å²) in [7, 11) is 0. The Morgan fingerprint density at radius 2 is 0.859 bits per heavy atom. The summed E-state index contributed by atoms with van der Waals surface area (Å²) in [5.74, 6) is -13.4. The van der Waals surface area contributed by atoms with Gasteiger partial charge in [0.15, 0.2) is 0 Å². The van der Waals surface area contributed by atoms with Crippen LogP contribution in [-0.4, -0.2) is 270 Å².